The Morgan fingerprint density at radius 1 is 1.46 bits per heavy atom. The molecule has 1 saturated heterocycles. The molecule has 130 valence electrons. The topological polar surface area (TPSA) is 64.2 Å². The van der Waals surface area contributed by atoms with Gasteiger partial charge < -0.3 is 13.9 Å². The van der Waals surface area contributed by atoms with E-state index in [9.17, 15) is 4.79 Å². The Bertz CT molecular complexity index is 683. The van der Waals surface area contributed by atoms with Crippen LogP contribution in [0, 0.1) is 0 Å². The maximum absolute atomic E-state index is 12.8. The van der Waals surface area contributed by atoms with Gasteiger partial charge in [-0.15, -0.1) is 10.2 Å². The van der Waals surface area contributed by atoms with Crippen LogP contribution in [0.25, 0.3) is 11.6 Å². The highest BCUT2D eigenvalue weighted by Crippen LogP contribution is 2.29. The van der Waals surface area contributed by atoms with Gasteiger partial charge in [0.25, 0.3) is 0 Å². The monoisotopic (exact) mass is 348 g/mol. The highest BCUT2D eigenvalue weighted by molar-refractivity contribution is 8.00. The van der Waals surface area contributed by atoms with Gasteiger partial charge in [0, 0.05) is 19.6 Å². The lowest BCUT2D eigenvalue weighted by atomic mass is 10.00. The predicted molar refractivity (Wildman–Crippen MR) is 93.7 cm³/mol. The number of amides is 1. The van der Waals surface area contributed by atoms with E-state index < -0.39 is 0 Å². The molecule has 0 radical (unpaired) electrons. The zero-order chi connectivity index (χ0) is 17.1. The van der Waals surface area contributed by atoms with E-state index in [1.165, 1.54) is 18.2 Å². The molecule has 6 nitrogen and oxygen atoms in total. The molecule has 1 fully saturated rings. The summed E-state index contributed by atoms with van der Waals surface area (Å²) in [7, 11) is 1.90. The smallest absolute Gasteiger partial charge is 0.236 e. The van der Waals surface area contributed by atoms with Crippen molar-refractivity contribution in [3.8, 4) is 11.6 Å². The van der Waals surface area contributed by atoms with Crippen LogP contribution in [0.3, 0.4) is 0 Å². The molecule has 0 spiro atoms. The number of hydrogen-bond acceptors (Lipinski definition) is 5. The minimum Gasteiger partial charge on any atom is -0.461 e. The van der Waals surface area contributed by atoms with Crippen molar-refractivity contribution >= 4 is 17.7 Å². The van der Waals surface area contributed by atoms with Gasteiger partial charge in [0.1, 0.15) is 0 Å². The fraction of sp³-hybridized carbons (Fsp3) is 0.588. The molecule has 3 heterocycles. The predicted octanol–water partition coefficient (Wildman–Crippen LogP) is 3.35. The van der Waals surface area contributed by atoms with Crippen LogP contribution in [0.15, 0.2) is 28.0 Å². The molecule has 0 aliphatic carbocycles. The number of likely N-dealkylation sites (tertiary alicyclic amines) is 1. The summed E-state index contributed by atoms with van der Waals surface area (Å²) in [6.07, 6.45) is 6.08. The van der Waals surface area contributed by atoms with Gasteiger partial charge >= 0.3 is 0 Å². The van der Waals surface area contributed by atoms with Crippen molar-refractivity contribution in [2.75, 3.05) is 6.54 Å². The fourth-order valence-electron chi connectivity index (χ4n) is 3.20. The van der Waals surface area contributed by atoms with Crippen molar-refractivity contribution in [1.29, 1.82) is 0 Å². The summed E-state index contributed by atoms with van der Waals surface area (Å²) in [6, 6.07) is 4.06. The second kappa shape index (κ2) is 7.42. The van der Waals surface area contributed by atoms with E-state index in [2.05, 4.69) is 22.0 Å². The van der Waals surface area contributed by atoms with E-state index in [1.807, 2.05) is 30.7 Å². The van der Waals surface area contributed by atoms with Gasteiger partial charge in [-0.1, -0.05) is 18.7 Å². The Morgan fingerprint density at radius 3 is 3.00 bits per heavy atom. The quantitative estimate of drug-likeness (QED) is 0.775. The maximum atomic E-state index is 12.8. The van der Waals surface area contributed by atoms with Gasteiger partial charge in [0.05, 0.1) is 11.5 Å². The number of rotatable bonds is 5. The van der Waals surface area contributed by atoms with Gasteiger partial charge in [-0.3, -0.25) is 4.79 Å². The van der Waals surface area contributed by atoms with Crippen molar-refractivity contribution in [3.63, 3.8) is 0 Å². The van der Waals surface area contributed by atoms with Crippen LogP contribution < -0.4 is 0 Å². The number of carbonyl (C=O) groups excluding carboxylic acids is 1. The van der Waals surface area contributed by atoms with Crippen LogP contribution >= 0.6 is 11.8 Å². The molecule has 7 heteroatoms. The third-order valence-electron chi connectivity index (χ3n) is 4.59. The van der Waals surface area contributed by atoms with Crippen LogP contribution in [-0.2, 0) is 11.8 Å². The molecule has 24 heavy (non-hydrogen) atoms. The third-order valence-corrected chi connectivity index (χ3v) is 5.71. The van der Waals surface area contributed by atoms with E-state index in [4.69, 9.17) is 4.42 Å². The Balaban J connectivity index is 1.70. The number of carbonyl (C=O) groups is 1. The molecule has 1 aliphatic rings. The molecule has 0 bridgehead atoms. The lowest BCUT2D eigenvalue weighted by Gasteiger charge is -2.36. The van der Waals surface area contributed by atoms with Crippen LogP contribution in [-0.4, -0.2) is 43.4 Å². The standard InChI is InChI=1S/C17H24N4O2S/c1-4-13-8-5-6-10-21(13)16(22)12(2)24-17-19-18-15(20(17)3)14-9-7-11-23-14/h7,9,11-13H,4-6,8,10H2,1-3H3. The first kappa shape index (κ1) is 17.1. The van der Waals surface area contributed by atoms with Crippen LogP contribution in [0.5, 0.6) is 0 Å². The number of thioether (sulfide) groups is 1. The molecule has 2 aromatic heterocycles. The number of aromatic nitrogens is 3. The Labute approximate surface area is 146 Å². The number of nitrogens with zero attached hydrogens (tertiary/aromatic N) is 4. The summed E-state index contributed by atoms with van der Waals surface area (Å²) in [5.41, 5.74) is 0. The van der Waals surface area contributed by atoms with E-state index in [-0.39, 0.29) is 11.2 Å². The van der Waals surface area contributed by atoms with Crippen LogP contribution in [0.4, 0.5) is 0 Å². The summed E-state index contributed by atoms with van der Waals surface area (Å²) in [5.74, 6) is 1.55. The molecule has 3 rings (SSSR count). The lowest BCUT2D eigenvalue weighted by Crippen LogP contribution is -2.46. The highest BCUT2D eigenvalue weighted by Gasteiger charge is 2.30. The molecule has 2 atom stereocenters. The SMILES string of the molecule is CCC1CCCCN1C(=O)C(C)Sc1nnc(-c2ccco2)n1C. The van der Waals surface area contributed by atoms with Gasteiger partial charge in [-0.25, -0.2) is 0 Å². The average molecular weight is 348 g/mol. The number of hydrogen-bond donors (Lipinski definition) is 0. The first-order chi connectivity index (χ1) is 11.6. The van der Waals surface area contributed by atoms with Gasteiger partial charge in [0.2, 0.25) is 5.91 Å². The molecule has 2 unspecified atom stereocenters. The van der Waals surface area contributed by atoms with E-state index in [0.717, 1.165) is 31.0 Å². The Kier molecular flexibility index (Phi) is 5.28. The largest absolute Gasteiger partial charge is 0.461 e. The van der Waals surface area contributed by atoms with Crippen molar-refractivity contribution in [1.82, 2.24) is 19.7 Å². The molecule has 1 aliphatic heterocycles. The van der Waals surface area contributed by atoms with Gasteiger partial charge in [0.15, 0.2) is 16.7 Å². The summed E-state index contributed by atoms with van der Waals surface area (Å²) in [5, 5.41) is 8.96. The molecule has 2 aromatic rings. The molecule has 1 amide bonds. The van der Waals surface area contributed by atoms with E-state index >= 15 is 0 Å². The highest BCUT2D eigenvalue weighted by atomic mass is 32.2. The zero-order valence-electron chi connectivity index (χ0n) is 14.4. The first-order valence-electron chi connectivity index (χ1n) is 8.52. The molecule has 0 N–H and O–H groups in total. The molecule has 0 aromatic carbocycles. The first-order valence-corrected chi connectivity index (χ1v) is 9.40. The minimum absolute atomic E-state index is 0.176. The fourth-order valence-corrected chi connectivity index (χ4v) is 4.08. The second-order valence-corrected chi connectivity index (χ2v) is 7.50. The molecular weight excluding hydrogens is 324 g/mol. The summed E-state index contributed by atoms with van der Waals surface area (Å²) in [4.78, 5) is 14.9. The summed E-state index contributed by atoms with van der Waals surface area (Å²) >= 11 is 1.46. The minimum atomic E-state index is -0.176. The number of furan rings is 1. The lowest BCUT2D eigenvalue weighted by molar-refractivity contribution is -0.134. The summed E-state index contributed by atoms with van der Waals surface area (Å²) < 4.78 is 7.26. The second-order valence-electron chi connectivity index (χ2n) is 6.19. The Morgan fingerprint density at radius 2 is 2.29 bits per heavy atom. The maximum Gasteiger partial charge on any atom is 0.236 e. The van der Waals surface area contributed by atoms with Gasteiger partial charge in [-0.2, -0.15) is 0 Å². The zero-order valence-corrected chi connectivity index (χ0v) is 15.3. The average Bonchev–Trinajstić information content (AvgIpc) is 3.24. The molecule has 0 saturated carbocycles. The van der Waals surface area contributed by atoms with Crippen LogP contribution in [0.1, 0.15) is 39.5 Å². The Hall–Kier alpha value is -1.76. The van der Waals surface area contributed by atoms with Crippen molar-refractivity contribution in [2.45, 2.75) is 56.0 Å². The van der Waals surface area contributed by atoms with E-state index in [1.54, 1.807) is 6.26 Å². The third kappa shape index (κ3) is 3.36. The van der Waals surface area contributed by atoms with Crippen molar-refractivity contribution in [3.05, 3.63) is 18.4 Å². The van der Waals surface area contributed by atoms with Crippen molar-refractivity contribution < 1.29 is 9.21 Å². The number of piperidine rings is 1. The van der Waals surface area contributed by atoms with Gasteiger partial charge in [-0.05, 0) is 44.7 Å². The normalized spacial score (nSPS) is 19.5. The summed E-state index contributed by atoms with van der Waals surface area (Å²) in [6.45, 7) is 4.99. The van der Waals surface area contributed by atoms with Crippen molar-refractivity contribution in [2.24, 2.45) is 7.05 Å². The molecular formula is C17H24N4O2S. The van der Waals surface area contributed by atoms with Crippen LogP contribution in [0.2, 0.25) is 0 Å². The van der Waals surface area contributed by atoms with E-state index in [0.29, 0.717) is 17.6 Å².